The van der Waals surface area contributed by atoms with Gasteiger partial charge in [-0.1, -0.05) is 30.5 Å². The molecule has 0 aliphatic heterocycles. The van der Waals surface area contributed by atoms with E-state index in [9.17, 15) is 13.2 Å². The molecule has 3 rings (SSSR count). The van der Waals surface area contributed by atoms with Crippen LogP contribution in [0.2, 0.25) is 6.82 Å². The molecule has 24 heavy (non-hydrogen) atoms. The molecule has 0 heterocycles. The maximum absolute atomic E-state index is 13.9. The summed E-state index contributed by atoms with van der Waals surface area (Å²) in [4.78, 5) is 0. The molecule has 4 heteroatoms. The topological polar surface area (TPSA) is 0 Å². The van der Waals surface area contributed by atoms with E-state index in [0.29, 0.717) is 27.7 Å². The Morgan fingerprint density at radius 3 is 1.83 bits per heavy atom. The predicted octanol–water partition coefficient (Wildman–Crippen LogP) is 5.12. The Labute approximate surface area is 140 Å². The maximum Gasteiger partial charge on any atom is 0.149 e. The van der Waals surface area contributed by atoms with Crippen LogP contribution in [0, 0.1) is 24.4 Å². The summed E-state index contributed by atoms with van der Waals surface area (Å²) in [5.74, 6) is -1.10. The molecule has 3 aromatic rings. The summed E-state index contributed by atoms with van der Waals surface area (Å²) in [6.45, 7) is 3.67. The predicted molar refractivity (Wildman–Crippen MR) is 93.2 cm³/mol. The Morgan fingerprint density at radius 1 is 0.625 bits per heavy atom. The molecule has 3 aromatic carbocycles. The zero-order valence-electron chi connectivity index (χ0n) is 13.4. The first kappa shape index (κ1) is 16.4. The van der Waals surface area contributed by atoms with Crippen molar-refractivity contribution in [3.63, 3.8) is 0 Å². The van der Waals surface area contributed by atoms with E-state index in [4.69, 9.17) is 0 Å². The van der Waals surface area contributed by atoms with Crippen LogP contribution in [-0.2, 0) is 0 Å². The van der Waals surface area contributed by atoms with Gasteiger partial charge in [0.2, 0.25) is 0 Å². The Morgan fingerprint density at radius 2 is 1.17 bits per heavy atom. The number of halogens is 3. The van der Waals surface area contributed by atoms with Gasteiger partial charge >= 0.3 is 0 Å². The largest absolute Gasteiger partial charge is 0.207 e. The van der Waals surface area contributed by atoms with Crippen LogP contribution >= 0.6 is 0 Å². The van der Waals surface area contributed by atoms with Gasteiger partial charge in [-0.05, 0) is 71.1 Å². The average Bonchev–Trinajstić information content (AvgIpc) is 2.57. The molecule has 0 unspecified atom stereocenters. The van der Waals surface area contributed by atoms with Crippen LogP contribution in [0.25, 0.3) is 22.3 Å². The monoisotopic (exact) mass is 323 g/mol. The highest BCUT2D eigenvalue weighted by Gasteiger charge is 2.14. The molecule has 0 aliphatic rings. The zero-order chi connectivity index (χ0) is 17.3. The first-order chi connectivity index (χ1) is 11.5. The summed E-state index contributed by atoms with van der Waals surface area (Å²) in [5.41, 5.74) is 4.26. The normalized spacial score (nSPS) is 10.7. The fraction of sp³-hybridized carbons (Fsp3) is 0.100. The smallest absolute Gasteiger partial charge is 0.149 e. The van der Waals surface area contributed by atoms with Gasteiger partial charge in [0.05, 0.1) is 0 Å². The molecule has 0 bridgehead atoms. The van der Waals surface area contributed by atoms with E-state index < -0.39 is 5.82 Å². The number of rotatable bonds is 3. The lowest BCUT2D eigenvalue weighted by molar-refractivity contribution is 0.627. The average molecular weight is 323 g/mol. The number of hydrogen-bond acceptors (Lipinski definition) is 0. The number of benzene rings is 3. The van der Waals surface area contributed by atoms with Crippen LogP contribution < -0.4 is 5.46 Å². The van der Waals surface area contributed by atoms with Gasteiger partial charge < -0.3 is 0 Å². The lowest BCUT2D eigenvalue weighted by atomic mass is 9.69. The van der Waals surface area contributed by atoms with Crippen LogP contribution in [-0.4, -0.2) is 7.28 Å². The second-order valence-electron chi connectivity index (χ2n) is 5.67. The highest BCUT2D eigenvalue weighted by Crippen LogP contribution is 2.34. The first-order valence-corrected chi connectivity index (χ1v) is 7.65. The van der Waals surface area contributed by atoms with Gasteiger partial charge in [-0.15, -0.1) is 0 Å². The van der Waals surface area contributed by atoms with Crippen molar-refractivity contribution in [2.45, 2.75) is 13.7 Å². The number of aryl methyl sites for hydroxylation is 1. The summed E-state index contributed by atoms with van der Waals surface area (Å²) in [7, 11) is 1.77. The van der Waals surface area contributed by atoms with Crippen LogP contribution in [0.4, 0.5) is 13.2 Å². The minimum atomic E-state index is -0.394. The Hall–Kier alpha value is -2.49. The van der Waals surface area contributed by atoms with Crippen LogP contribution in [0.15, 0.2) is 54.6 Å². The minimum Gasteiger partial charge on any atom is -0.207 e. The van der Waals surface area contributed by atoms with Crippen molar-refractivity contribution in [1.29, 1.82) is 0 Å². The van der Waals surface area contributed by atoms with Crippen molar-refractivity contribution in [3.05, 3.63) is 77.6 Å². The molecule has 0 amide bonds. The molecule has 119 valence electrons. The molecule has 0 fully saturated rings. The van der Waals surface area contributed by atoms with Gasteiger partial charge in [0.1, 0.15) is 24.7 Å². The van der Waals surface area contributed by atoms with Crippen molar-refractivity contribution >= 4 is 12.7 Å². The second kappa shape index (κ2) is 6.56. The summed E-state index contributed by atoms with van der Waals surface area (Å²) in [6.07, 6.45) is 0. The third kappa shape index (κ3) is 3.09. The highest BCUT2D eigenvalue weighted by atomic mass is 19.1. The van der Waals surface area contributed by atoms with Gasteiger partial charge in [0, 0.05) is 0 Å². The molecule has 0 aromatic heterocycles. The molecule has 0 aliphatic carbocycles. The van der Waals surface area contributed by atoms with E-state index >= 15 is 0 Å². The Balaban J connectivity index is 2.30. The maximum atomic E-state index is 13.9. The molecular formula is C20H15BF3. The molecule has 0 atom stereocenters. The van der Waals surface area contributed by atoms with Crippen molar-refractivity contribution in [2.75, 3.05) is 0 Å². The number of hydrogen-bond donors (Lipinski definition) is 0. The van der Waals surface area contributed by atoms with Crippen LogP contribution in [0.3, 0.4) is 0 Å². The van der Waals surface area contributed by atoms with Crippen LogP contribution in [0.5, 0.6) is 0 Å². The van der Waals surface area contributed by atoms with Crippen LogP contribution in [0.1, 0.15) is 5.56 Å². The molecule has 1 radical (unpaired) electrons. The minimum absolute atomic E-state index is 0.354. The second-order valence-corrected chi connectivity index (χ2v) is 5.67. The standard InChI is InChI=1S/C20H15BF3/c1-12-3-4-13(22)9-18(12)16-7-5-14(23)10-19(16)17-8-6-15(24)11-20(17)21-2/h3-11H,1-2H3. The van der Waals surface area contributed by atoms with E-state index in [2.05, 4.69) is 0 Å². The van der Waals surface area contributed by atoms with Gasteiger partial charge in [-0.3, -0.25) is 0 Å². The van der Waals surface area contributed by atoms with E-state index in [0.717, 1.165) is 5.56 Å². The molecular weight excluding hydrogens is 308 g/mol. The Bertz CT molecular complexity index is 903. The third-order valence-electron chi connectivity index (χ3n) is 4.09. The summed E-state index contributed by atoms with van der Waals surface area (Å²) >= 11 is 0. The van der Waals surface area contributed by atoms with E-state index in [1.165, 1.54) is 36.4 Å². The zero-order valence-corrected chi connectivity index (χ0v) is 13.4. The quantitative estimate of drug-likeness (QED) is 0.587. The third-order valence-corrected chi connectivity index (χ3v) is 4.09. The highest BCUT2D eigenvalue weighted by molar-refractivity contribution is 6.54. The van der Waals surface area contributed by atoms with Crippen molar-refractivity contribution in [1.82, 2.24) is 0 Å². The lowest BCUT2D eigenvalue weighted by Crippen LogP contribution is -2.15. The van der Waals surface area contributed by atoms with Gasteiger partial charge in [-0.25, -0.2) is 13.2 Å². The van der Waals surface area contributed by atoms with Crippen molar-refractivity contribution < 1.29 is 13.2 Å². The van der Waals surface area contributed by atoms with Crippen molar-refractivity contribution in [3.8, 4) is 22.3 Å². The van der Waals surface area contributed by atoms with E-state index in [1.807, 2.05) is 6.92 Å². The fourth-order valence-corrected chi connectivity index (χ4v) is 2.88. The Kier molecular flexibility index (Phi) is 4.47. The summed E-state index contributed by atoms with van der Waals surface area (Å²) in [6, 6.07) is 13.3. The first-order valence-electron chi connectivity index (χ1n) is 7.65. The lowest BCUT2D eigenvalue weighted by Gasteiger charge is -2.15. The van der Waals surface area contributed by atoms with Gasteiger partial charge in [0.25, 0.3) is 0 Å². The van der Waals surface area contributed by atoms with E-state index in [-0.39, 0.29) is 11.6 Å². The SMILES string of the molecule is C[B]c1cc(F)ccc1-c1cc(F)ccc1-c1cc(F)ccc1C. The molecule has 0 saturated heterocycles. The van der Waals surface area contributed by atoms with E-state index in [1.54, 1.807) is 32.3 Å². The molecule has 0 nitrogen and oxygen atoms in total. The molecule has 0 N–H and O–H groups in total. The molecule has 0 saturated carbocycles. The van der Waals surface area contributed by atoms with Gasteiger partial charge in [0.15, 0.2) is 0 Å². The molecule has 0 spiro atoms. The fourth-order valence-electron chi connectivity index (χ4n) is 2.88. The summed E-state index contributed by atoms with van der Waals surface area (Å²) < 4.78 is 41.1. The summed E-state index contributed by atoms with van der Waals surface area (Å²) in [5, 5.41) is 0. The van der Waals surface area contributed by atoms with Crippen molar-refractivity contribution in [2.24, 2.45) is 0 Å². The van der Waals surface area contributed by atoms with Gasteiger partial charge in [-0.2, -0.15) is 0 Å².